The van der Waals surface area contributed by atoms with Gasteiger partial charge in [0.2, 0.25) is 5.78 Å². The van der Waals surface area contributed by atoms with Gasteiger partial charge in [-0.1, -0.05) is 12.1 Å². The fraction of sp³-hybridized carbons (Fsp3) is 0.423. The molecular formula is C26H27NO11. The van der Waals surface area contributed by atoms with Crippen LogP contribution in [0, 0.1) is 0 Å². The Morgan fingerprint density at radius 3 is 2.34 bits per heavy atom. The number of aliphatic hydroxyl groups excluding tert-OH is 1. The summed E-state index contributed by atoms with van der Waals surface area (Å²) in [5.41, 5.74) is 1.28. The topological polar surface area (TPSA) is 217 Å². The molecule has 2 aliphatic carbocycles. The van der Waals surface area contributed by atoms with Gasteiger partial charge >= 0.3 is 5.97 Å². The van der Waals surface area contributed by atoms with E-state index < -0.39 is 100 Å². The van der Waals surface area contributed by atoms with Crippen molar-refractivity contribution >= 4 is 17.5 Å². The highest BCUT2D eigenvalue weighted by Gasteiger charge is 2.53. The summed E-state index contributed by atoms with van der Waals surface area (Å²) >= 11 is 0. The molecule has 12 nitrogen and oxygen atoms in total. The zero-order valence-electron chi connectivity index (χ0n) is 20.4. The van der Waals surface area contributed by atoms with E-state index in [-0.39, 0.29) is 23.1 Å². The van der Waals surface area contributed by atoms with Crippen LogP contribution >= 0.6 is 0 Å². The number of ketones is 2. The summed E-state index contributed by atoms with van der Waals surface area (Å²) in [4.78, 5) is 39.1. The molecule has 5 unspecified atom stereocenters. The normalized spacial score (nSPS) is 32.3. The molecule has 2 aromatic rings. The first-order valence-corrected chi connectivity index (χ1v) is 12.0. The van der Waals surface area contributed by atoms with Gasteiger partial charge in [0.05, 0.1) is 40.6 Å². The Hall–Kier alpha value is -3.55. The molecule has 1 saturated heterocycles. The molecule has 7 atom stereocenters. The van der Waals surface area contributed by atoms with Crippen LogP contribution in [0.2, 0.25) is 0 Å². The monoisotopic (exact) mass is 529 g/mol. The molecule has 38 heavy (non-hydrogen) atoms. The van der Waals surface area contributed by atoms with E-state index in [9.17, 15) is 45.0 Å². The van der Waals surface area contributed by atoms with Gasteiger partial charge in [-0.05, 0) is 19.9 Å². The summed E-state index contributed by atoms with van der Waals surface area (Å²) in [6.07, 6.45) is -4.48. The van der Waals surface area contributed by atoms with Gasteiger partial charge in [0.1, 0.15) is 23.2 Å². The number of aromatic hydroxyl groups is 3. The highest BCUT2D eigenvalue weighted by molar-refractivity contribution is 6.31. The van der Waals surface area contributed by atoms with Crippen LogP contribution in [0.1, 0.15) is 81.7 Å². The fourth-order valence-corrected chi connectivity index (χ4v) is 5.82. The molecule has 5 rings (SSSR count). The average molecular weight is 529 g/mol. The smallest absolute Gasteiger partial charge is 0.314 e. The standard InChI is InChI=1S/C26H27NO11/c1-8-20(29)10(27)6-13(37-8)38-12-7-26(2,36)19(25(34)35)16-15(12)23(32)18-17(24(16)33)21(30)9-4-3-5-11(28)14(9)22(18)31/h3-5,8,10,12-13,19-20,28-29,32-33,36H,6-7,27H2,1-2H3,(H,34,35)/t8?,10?,12-,13?,19?,20?,26+/m0/s1. The summed E-state index contributed by atoms with van der Waals surface area (Å²) < 4.78 is 11.7. The minimum atomic E-state index is -2.04. The lowest BCUT2D eigenvalue weighted by Crippen LogP contribution is -2.52. The summed E-state index contributed by atoms with van der Waals surface area (Å²) in [5, 5.41) is 64.3. The Bertz CT molecular complexity index is 1370. The van der Waals surface area contributed by atoms with E-state index in [0.717, 1.165) is 0 Å². The molecule has 2 aromatic carbocycles. The van der Waals surface area contributed by atoms with Crippen LogP contribution in [0.3, 0.4) is 0 Å². The van der Waals surface area contributed by atoms with Crippen LogP contribution in [0.5, 0.6) is 17.2 Å². The average Bonchev–Trinajstić information content (AvgIpc) is 2.81. The minimum absolute atomic E-state index is 0.0121. The van der Waals surface area contributed by atoms with Crippen LogP contribution in [0.15, 0.2) is 18.2 Å². The van der Waals surface area contributed by atoms with Crippen LogP contribution in [-0.2, 0) is 14.3 Å². The Labute approximate surface area is 215 Å². The summed E-state index contributed by atoms with van der Waals surface area (Å²) in [5.74, 6) is -7.47. The van der Waals surface area contributed by atoms with E-state index in [2.05, 4.69) is 0 Å². The second kappa shape index (κ2) is 8.75. The van der Waals surface area contributed by atoms with E-state index in [1.165, 1.54) is 25.1 Å². The summed E-state index contributed by atoms with van der Waals surface area (Å²) in [6, 6.07) is 3.03. The van der Waals surface area contributed by atoms with Crippen molar-refractivity contribution in [2.75, 3.05) is 0 Å². The number of fused-ring (bicyclic) bond motifs is 3. The highest BCUT2D eigenvalue weighted by atomic mass is 16.7. The van der Waals surface area contributed by atoms with Crippen molar-refractivity contribution in [3.8, 4) is 17.2 Å². The molecule has 0 saturated carbocycles. The van der Waals surface area contributed by atoms with Gasteiger partial charge in [0.25, 0.3) is 0 Å². The van der Waals surface area contributed by atoms with Crippen molar-refractivity contribution in [1.82, 2.24) is 0 Å². The number of hydrogen-bond donors (Lipinski definition) is 7. The maximum atomic E-state index is 13.4. The van der Waals surface area contributed by atoms with Gasteiger partial charge in [-0.25, -0.2) is 0 Å². The number of benzene rings is 2. The second-order valence-electron chi connectivity index (χ2n) is 10.3. The Morgan fingerprint density at radius 2 is 1.71 bits per heavy atom. The van der Waals surface area contributed by atoms with Crippen molar-refractivity contribution in [2.45, 2.75) is 68.9 Å². The van der Waals surface area contributed by atoms with E-state index in [0.29, 0.717) is 0 Å². The van der Waals surface area contributed by atoms with Crippen LogP contribution in [0.25, 0.3) is 0 Å². The molecular weight excluding hydrogens is 502 g/mol. The maximum absolute atomic E-state index is 13.4. The largest absolute Gasteiger partial charge is 0.507 e. The number of aliphatic carboxylic acids is 1. The maximum Gasteiger partial charge on any atom is 0.314 e. The molecule has 1 fully saturated rings. The quantitative estimate of drug-likeness (QED) is 0.234. The number of phenolic OH excluding ortho intramolecular Hbond substituents is 3. The van der Waals surface area contributed by atoms with Crippen LogP contribution < -0.4 is 5.73 Å². The predicted molar refractivity (Wildman–Crippen MR) is 127 cm³/mol. The Morgan fingerprint density at radius 1 is 1.08 bits per heavy atom. The molecule has 0 spiro atoms. The molecule has 3 aliphatic rings. The van der Waals surface area contributed by atoms with Crippen molar-refractivity contribution in [2.24, 2.45) is 5.73 Å². The lowest BCUT2D eigenvalue weighted by Gasteiger charge is -2.44. The van der Waals surface area contributed by atoms with E-state index in [1.54, 1.807) is 6.92 Å². The number of carbonyl (C=O) groups is 3. The SMILES string of the molecule is CC1OC(O[C@H]2C[C@@](C)(O)C(C(=O)O)c3c(O)c4c(c(O)c32)C(=O)c2c(O)cccc2C4=O)CC(N)C1O. The first kappa shape index (κ1) is 26.1. The number of rotatable bonds is 3. The van der Waals surface area contributed by atoms with Crippen molar-refractivity contribution in [1.29, 1.82) is 0 Å². The second-order valence-corrected chi connectivity index (χ2v) is 10.3. The first-order chi connectivity index (χ1) is 17.8. The molecule has 0 aromatic heterocycles. The lowest BCUT2D eigenvalue weighted by atomic mass is 9.68. The molecule has 202 valence electrons. The zero-order chi connectivity index (χ0) is 27.8. The number of aliphatic hydroxyl groups is 2. The molecule has 12 heteroatoms. The van der Waals surface area contributed by atoms with Gasteiger partial charge in [-0.3, -0.25) is 14.4 Å². The number of nitrogens with two attached hydrogens (primary N) is 1. The third-order valence-electron chi connectivity index (χ3n) is 7.64. The minimum Gasteiger partial charge on any atom is -0.507 e. The number of carbonyl (C=O) groups excluding carboxylic acids is 2. The molecule has 1 heterocycles. The van der Waals surface area contributed by atoms with Crippen LogP contribution in [-0.4, -0.2) is 78.3 Å². The number of carboxylic acids is 1. The van der Waals surface area contributed by atoms with Gasteiger partial charge in [-0.2, -0.15) is 0 Å². The third-order valence-corrected chi connectivity index (χ3v) is 7.64. The van der Waals surface area contributed by atoms with E-state index in [4.69, 9.17) is 15.2 Å². The van der Waals surface area contributed by atoms with E-state index in [1.807, 2.05) is 0 Å². The number of ether oxygens (including phenoxy) is 2. The van der Waals surface area contributed by atoms with Crippen molar-refractivity contribution in [3.63, 3.8) is 0 Å². The zero-order valence-corrected chi connectivity index (χ0v) is 20.4. The third kappa shape index (κ3) is 3.68. The fourth-order valence-electron chi connectivity index (χ4n) is 5.82. The molecule has 8 N–H and O–H groups in total. The van der Waals surface area contributed by atoms with Crippen molar-refractivity contribution in [3.05, 3.63) is 51.6 Å². The van der Waals surface area contributed by atoms with Gasteiger partial charge in [0.15, 0.2) is 12.1 Å². The number of hydrogen-bond acceptors (Lipinski definition) is 11. The molecule has 0 bridgehead atoms. The van der Waals surface area contributed by atoms with Crippen molar-refractivity contribution < 1.29 is 54.5 Å². The van der Waals surface area contributed by atoms with Crippen LogP contribution in [0.4, 0.5) is 0 Å². The highest BCUT2D eigenvalue weighted by Crippen LogP contribution is 2.56. The van der Waals surface area contributed by atoms with E-state index >= 15 is 0 Å². The Kier molecular flexibility index (Phi) is 6.00. The van der Waals surface area contributed by atoms with Gasteiger partial charge in [-0.15, -0.1) is 0 Å². The van der Waals surface area contributed by atoms with Gasteiger partial charge < -0.3 is 45.8 Å². The lowest BCUT2D eigenvalue weighted by molar-refractivity contribution is -0.248. The predicted octanol–water partition coefficient (Wildman–Crippen LogP) is 0.782. The Balaban J connectivity index is 1.73. The summed E-state index contributed by atoms with van der Waals surface area (Å²) in [6.45, 7) is 2.78. The molecule has 0 amide bonds. The first-order valence-electron chi connectivity index (χ1n) is 12.0. The summed E-state index contributed by atoms with van der Waals surface area (Å²) in [7, 11) is 0. The number of phenols is 3. The molecule has 0 radical (unpaired) electrons. The van der Waals surface area contributed by atoms with Gasteiger partial charge in [0, 0.05) is 35.6 Å². The molecule has 1 aliphatic heterocycles. The number of carboxylic acid groups (broad SMARTS) is 1.